The van der Waals surface area contributed by atoms with Gasteiger partial charge in [-0.15, -0.1) is 11.3 Å². The molecule has 0 amide bonds. The Labute approximate surface area is 181 Å². The Morgan fingerprint density at radius 3 is 2.58 bits per heavy atom. The predicted octanol–water partition coefficient (Wildman–Crippen LogP) is 3.49. The van der Waals surface area contributed by atoms with Gasteiger partial charge in [-0.1, -0.05) is 43.3 Å². The van der Waals surface area contributed by atoms with Crippen molar-refractivity contribution < 1.29 is 22.9 Å². The summed E-state index contributed by atoms with van der Waals surface area (Å²) >= 11 is 1.06. The second kappa shape index (κ2) is 6.98. The standard InChI is InChI=1S/C21H17N3O5S2/c1-12-19(13-5-3-2-4-6-13)21(12,20(25)26)24-31(27,28)18-10-9-17(30-18)14-7-8-15-16(11-14)23-29-22-15/h2-12,19,24H,1H3,(H,25,26)/t12-,19-,21+/m1/s1. The van der Waals surface area contributed by atoms with Crippen molar-refractivity contribution in [3.05, 3.63) is 66.2 Å². The fourth-order valence-electron chi connectivity index (χ4n) is 4.13. The highest BCUT2D eigenvalue weighted by molar-refractivity contribution is 7.91. The van der Waals surface area contributed by atoms with Crippen molar-refractivity contribution in [2.75, 3.05) is 0 Å². The molecule has 0 saturated heterocycles. The summed E-state index contributed by atoms with van der Waals surface area (Å²) in [6.07, 6.45) is 0. The lowest BCUT2D eigenvalue weighted by Gasteiger charge is -2.15. The molecule has 2 aromatic heterocycles. The van der Waals surface area contributed by atoms with Crippen LogP contribution in [0.5, 0.6) is 0 Å². The van der Waals surface area contributed by atoms with Gasteiger partial charge >= 0.3 is 5.97 Å². The number of hydrogen-bond donors (Lipinski definition) is 2. The van der Waals surface area contributed by atoms with Crippen LogP contribution in [-0.4, -0.2) is 35.3 Å². The molecule has 0 radical (unpaired) electrons. The van der Waals surface area contributed by atoms with E-state index in [4.69, 9.17) is 4.63 Å². The van der Waals surface area contributed by atoms with E-state index in [1.807, 2.05) is 30.3 Å². The molecule has 1 fully saturated rings. The van der Waals surface area contributed by atoms with E-state index in [-0.39, 0.29) is 10.1 Å². The van der Waals surface area contributed by atoms with Gasteiger partial charge in [0.1, 0.15) is 20.8 Å². The first-order chi connectivity index (χ1) is 14.8. The molecule has 0 aliphatic heterocycles. The molecule has 3 atom stereocenters. The number of nitrogens with one attached hydrogen (secondary N) is 1. The first kappa shape index (κ1) is 19.9. The summed E-state index contributed by atoms with van der Waals surface area (Å²) in [5, 5.41) is 17.5. The molecule has 2 aromatic carbocycles. The van der Waals surface area contributed by atoms with Gasteiger partial charge in [-0.05, 0) is 51.6 Å². The Morgan fingerprint density at radius 1 is 1.10 bits per heavy atom. The van der Waals surface area contributed by atoms with Crippen molar-refractivity contribution in [3.8, 4) is 10.4 Å². The minimum Gasteiger partial charge on any atom is -0.480 e. The largest absolute Gasteiger partial charge is 0.480 e. The Morgan fingerprint density at radius 2 is 1.84 bits per heavy atom. The Bertz CT molecular complexity index is 1400. The maximum absolute atomic E-state index is 13.1. The van der Waals surface area contributed by atoms with Gasteiger partial charge in [0.2, 0.25) is 0 Å². The molecule has 5 rings (SSSR count). The number of thiophene rings is 1. The van der Waals surface area contributed by atoms with E-state index in [1.165, 1.54) is 6.07 Å². The van der Waals surface area contributed by atoms with Crippen molar-refractivity contribution in [2.24, 2.45) is 5.92 Å². The monoisotopic (exact) mass is 455 g/mol. The molecule has 31 heavy (non-hydrogen) atoms. The average Bonchev–Trinajstić information content (AvgIpc) is 3.18. The zero-order valence-corrected chi connectivity index (χ0v) is 17.9. The SMILES string of the molecule is C[C@@H]1[C@H](c2ccccc2)[C@]1(NS(=O)(=O)c1ccc(-c2ccc3nonc3c2)s1)C(=O)O. The average molecular weight is 456 g/mol. The van der Waals surface area contributed by atoms with Crippen molar-refractivity contribution in [1.29, 1.82) is 0 Å². The topological polar surface area (TPSA) is 122 Å². The van der Waals surface area contributed by atoms with E-state index in [0.29, 0.717) is 15.9 Å². The highest BCUT2D eigenvalue weighted by Gasteiger charge is 2.70. The van der Waals surface area contributed by atoms with Crippen LogP contribution in [0.15, 0.2) is 69.5 Å². The Kier molecular flexibility index (Phi) is 4.47. The molecule has 2 heterocycles. The summed E-state index contributed by atoms with van der Waals surface area (Å²) in [6.45, 7) is 1.75. The number of carboxylic acids is 1. The number of aromatic nitrogens is 2. The van der Waals surface area contributed by atoms with Crippen LogP contribution < -0.4 is 4.72 Å². The van der Waals surface area contributed by atoms with Crippen LogP contribution in [0.25, 0.3) is 21.5 Å². The van der Waals surface area contributed by atoms with Gasteiger partial charge in [0.15, 0.2) is 0 Å². The van der Waals surface area contributed by atoms with Crippen LogP contribution >= 0.6 is 11.3 Å². The van der Waals surface area contributed by atoms with E-state index in [9.17, 15) is 18.3 Å². The molecule has 1 saturated carbocycles. The van der Waals surface area contributed by atoms with Gasteiger partial charge in [-0.3, -0.25) is 4.79 Å². The Balaban J connectivity index is 1.46. The lowest BCUT2D eigenvalue weighted by atomic mass is 10.1. The van der Waals surface area contributed by atoms with Crippen molar-refractivity contribution in [1.82, 2.24) is 15.0 Å². The maximum atomic E-state index is 13.1. The first-order valence-corrected chi connectivity index (χ1v) is 11.8. The second-order valence-corrected chi connectivity index (χ2v) is 10.5. The maximum Gasteiger partial charge on any atom is 0.325 e. The zero-order chi connectivity index (χ0) is 21.8. The molecule has 4 aromatic rings. The fraction of sp³-hybridized carbons (Fsp3) is 0.190. The third kappa shape index (κ3) is 3.14. The minimum atomic E-state index is -4.05. The number of benzene rings is 2. The van der Waals surface area contributed by atoms with Crippen molar-refractivity contribution >= 4 is 38.4 Å². The number of fused-ring (bicyclic) bond motifs is 1. The molecule has 0 bridgehead atoms. The minimum absolute atomic E-state index is 0.0485. The Hall–Kier alpha value is -3.08. The van der Waals surface area contributed by atoms with Crippen LogP contribution in [0, 0.1) is 5.92 Å². The number of hydrogen-bond acceptors (Lipinski definition) is 7. The quantitative estimate of drug-likeness (QED) is 0.456. The molecule has 158 valence electrons. The smallest absolute Gasteiger partial charge is 0.325 e. The lowest BCUT2D eigenvalue weighted by Crippen LogP contribution is -2.45. The zero-order valence-electron chi connectivity index (χ0n) is 16.2. The van der Waals surface area contributed by atoms with Crippen LogP contribution in [0.1, 0.15) is 18.4 Å². The molecule has 0 spiro atoms. The van der Waals surface area contributed by atoms with Crippen LogP contribution in [0.2, 0.25) is 0 Å². The summed E-state index contributed by atoms with van der Waals surface area (Å²) in [6, 6.07) is 17.6. The molecular formula is C21H17N3O5S2. The summed E-state index contributed by atoms with van der Waals surface area (Å²) in [4.78, 5) is 12.9. The van der Waals surface area contributed by atoms with Crippen LogP contribution in [0.4, 0.5) is 0 Å². The molecule has 10 heteroatoms. The number of carboxylic acid groups (broad SMARTS) is 1. The summed E-state index contributed by atoms with van der Waals surface area (Å²) in [5.41, 5.74) is 1.16. The van der Waals surface area contributed by atoms with E-state index < -0.39 is 27.4 Å². The number of rotatable bonds is 6. The van der Waals surface area contributed by atoms with E-state index in [1.54, 1.807) is 31.2 Å². The lowest BCUT2D eigenvalue weighted by molar-refractivity contribution is -0.140. The van der Waals surface area contributed by atoms with E-state index in [2.05, 4.69) is 15.0 Å². The number of nitrogens with zero attached hydrogens (tertiary/aromatic N) is 2. The van der Waals surface area contributed by atoms with Gasteiger partial charge in [0.25, 0.3) is 10.0 Å². The molecule has 1 aliphatic rings. The number of aliphatic carboxylic acids is 1. The van der Waals surface area contributed by atoms with Gasteiger partial charge in [-0.2, -0.15) is 4.72 Å². The van der Waals surface area contributed by atoms with Crippen molar-refractivity contribution in [2.45, 2.75) is 22.6 Å². The normalized spacial score (nSPS) is 23.1. The molecule has 8 nitrogen and oxygen atoms in total. The summed E-state index contributed by atoms with van der Waals surface area (Å²) in [5.74, 6) is -2.01. The number of carbonyl (C=O) groups is 1. The first-order valence-electron chi connectivity index (χ1n) is 9.48. The van der Waals surface area contributed by atoms with Gasteiger partial charge in [0.05, 0.1) is 0 Å². The van der Waals surface area contributed by atoms with Gasteiger partial charge in [0, 0.05) is 10.8 Å². The van der Waals surface area contributed by atoms with Crippen molar-refractivity contribution in [3.63, 3.8) is 0 Å². The molecular weight excluding hydrogens is 438 g/mol. The van der Waals surface area contributed by atoms with Crippen LogP contribution in [-0.2, 0) is 14.8 Å². The highest BCUT2D eigenvalue weighted by Crippen LogP contribution is 2.58. The van der Waals surface area contributed by atoms with Gasteiger partial charge in [-0.25, -0.2) is 13.0 Å². The third-order valence-electron chi connectivity index (χ3n) is 5.80. The summed E-state index contributed by atoms with van der Waals surface area (Å²) < 4.78 is 33.5. The van der Waals surface area contributed by atoms with Gasteiger partial charge < -0.3 is 5.11 Å². The van der Waals surface area contributed by atoms with E-state index >= 15 is 0 Å². The van der Waals surface area contributed by atoms with Crippen LogP contribution in [0.3, 0.4) is 0 Å². The molecule has 0 unspecified atom stereocenters. The molecule has 1 aliphatic carbocycles. The highest BCUT2D eigenvalue weighted by atomic mass is 32.2. The molecule has 2 N–H and O–H groups in total. The number of sulfonamides is 1. The second-order valence-electron chi connectivity index (χ2n) is 7.54. The fourth-order valence-corrected chi connectivity index (χ4v) is 6.89. The predicted molar refractivity (Wildman–Crippen MR) is 114 cm³/mol. The summed E-state index contributed by atoms with van der Waals surface area (Å²) in [7, 11) is -4.05. The van der Waals surface area contributed by atoms with E-state index in [0.717, 1.165) is 22.5 Å². The third-order valence-corrected chi connectivity index (χ3v) is 8.91.